The molecule has 8 heteroatoms. The molecule has 0 heterocycles. The van der Waals surface area contributed by atoms with Crippen LogP contribution in [-0.2, 0) is 20.9 Å². The smallest absolute Gasteiger partial charge is 0.408 e. The lowest BCUT2D eigenvalue weighted by molar-refractivity contribution is -0.145. The van der Waals surface area contributed by atoms with Crippen molar-refractivity contribution >= 4 is 34.7 Å². The Hall–Kier alpha value is -2.80. The largest absolute Gasteiger partial charge is 0.490 e. The van der Waals surface area contributed by atoms with Crippen LogP contribution < -0.4 is 10.1 Å². The topological polar surface area (TPSA) is 97.6 Å². The highest BCUT2D eigenvalue weighted by atomic mass is 127. The second-order valence-corrected chi connectivity index (χ2v) is 8.92. The Morgan fingerprint density at radius 3 is 2.52 bits per heavy atom. The minimum absolute atomic E-state index is 0.00453. The van der Waals surface area contributed by atoms with Crippen molar-refractivity contribution < 1.29 is 23.8 Å². The van der Waals surface area contributed by atoms with E-state index in [1.165, 1.54) is 0 Å². The molecule has 2 aromatic carbocycles. The van der Waals surface area contributed by atoms with Gasteiger partial charge in [-0.2, -0.15) is 5.26 Å². The zero-order valence-electron chi connectivity index (χ0n) is 17.7. The van der Waals surface area contributed by atoms with Gasteiger partial charge < -0.3 is 19.5 Å². The maximum absolute atomic E-state index is 12.4. The summed E-state index contributed by atoms with van der Waals surface area (Å²) in [6.07, 6.45) is -0.752. The number of ether oxygens (including phenoxy) is 3. The van der Waals surface area contributed by atoms with Gasteiger partial charge in [-0.15, -0.1) is 0 Å². The fraction of sp³-hybridized carbons (Fsp3) is 0.348. The summed E-state index contributed by atoms with van der Waals surface area (Å²) in [7, 11) is 0. The SMILES string of the molecule is CC(C)(C)OC(=O)N[C@@H](COc1cc(C#N)ccc1I)CC(=O)OCc1ccccc1. The van der Waals surface area contributed by atoms with E-state index in [0.717, 1.165) is 9.13 Å². The van der Waals surface area contributed by atoms with Gasteiger partial charge in [0.25, 0.3) is 0 Å². The van der Waals surface area contributed by atoms with Gasteiger partial charge in [0, 0.05) is 0 Å². The number of benzene rings is 2. The average Bonchev–Trinajstić information content (AvgIpc) is 2.71. The molecule has 0 bridgehead atoms. The first-order valence-corrected chi connectivity index (χ1v) is 10.8. The minimum atomic E-state index is -0.681. The van der Waals surface area contributed by atoms with Gasteiger partial charge in [-0.25, -0.2) is 4.79 Å². The quantitative estimate of drug-likeness (QED) is 0.392. The lowest BCUT2D eigenvalue weighted by Crippen LogP contribution is -2.43. The van der Waals surface area contributed by atoms with Crippen LogP contribution >= 0.6 is 22.6 Å². The van der Waals surface area contributed by atoms with Gasteiger partial charge in [0.05, 0.1) is 27.7 Å². The summed E-state index contributed by atoms with van der Waals surface area (Å²) in [6, 6.07) is 15.8. The Labute approximate surface area is 195 Å². The second-order valence-electron chi connectivity index (χ2n) is 7.76. The lowest BCUT2D eigenvalue weighted by atomic mass is 10.2. The molecule has 0 aromatic heterocycles. The zero-order chi connectivity index (χ0) is 22.9. The molecular weight excluding hydrogens is 511 g/mol. The Morgan fingerprint density at radius 2 is 1.87 bits per heavy atom. The van der Waals surface area contributed by atoms with E-state index in [2.05, 4.69) is 34.0 Å². The number of alkyl carbamates (subject to hydrolysis) is 1. The van der Waals surface area contributed by atoms with Crippen LogP contribution in [0.2, 0.25) is 0 Å². The Morgan fingerprint density at radius 1 is 1.16 bits per heavy atom. The van der Waals surface area contributed by atoms with E-state index in [-0.39, 0.29) is 19.6 Å². The van der Waals surface area contributed by atoms with Crippen LogP contribution in [0.25, 0.3) is 0 Å². The Kier molecular flexibility index (Phi) is 9.12. The predicted octanol–water partition coefficient (Wildman–Crippen LogP) is 4.57. The summed E-state index contributed by atoms with van der Waals surface area (Å²) >= 11 is 2.09. The highest BCUT2D eigenvalue weighted by Crippen LogP contribution is 2.22. The Bertz CT molecular complexity index is 935. The van der Waals surface area contributed by atoms with Crippen LogP contribution in [0.5, 0.6) is 5.75 Å². The number of carbonyl (C=O) groups is 2. The van der Waals surface area contributed by atoms with Gasteiger partial charge in [0.2, 0.25) is 0 Å². The Balaban J connectivity index is 2.02. The lowest BCUT2D eigenvalue weighted by Gasteiger charge is -2.23. The number of nitriles is 1. The third-order valence-electron chi connectivity index (χ3n) is 3.88. The average molecular weight is 536 g/mol. The summed E-state index contributed by atoms with van der Waals surface area (Å²) in [5.41, 5.74) is 0.640. The predicted molar refractivity (Wildman–Crippen MR) is 123 cm³/mol. The summed E-state index contributed by atoms with van der Waals surface area (Å²) in [5, 5.41) is 11.8. The van der Waals surface area contributed by atoms with Crippen molar-refractivity contribution in [3.05, 3.63) is 63.2 Å². The zero-order valence-corrected chi connectivity index (χ0v) is 19.8. The fourth-order valence-electron chi connectivity index (χ4n) is 2.50. The van der Waals surface area contributed by atoms with Crippen LogP contribution in [0.3, 0.4) is 0 Å². The van der Waals surface area contributed by atoms with Gasteiger partial charge >= 0.3 is 12.1 Å². The maximum atomic E-state index is 12.4. The first-order chi connectivity index (χ1) is 14.7. The molecule has 0 aliphatic heterocycles. The molecule has 2 aromatic rings. The number of amides is 1. The van der Waals surface area contributed by atoms with Crippen molar-refractivity contribution in [3.63, 3.8) is 0 Å². The van der Waals surface area contributed by atoms with Crippen LogP contribution in [-0.4, -0.2) is 30.3 Å². The molecule has 1 atom stereocenters. The number of hydrogen-bond donors (Lipinski definition) is 1. The first-order valence-electron chi connectivity index (χ1n) is 9.68. The van der Waals surface area contributed by atoms with E-state index in [0.29, 0.717) is 11.3 Å². The van der Waals surface area contributed by atoms with Gasteiger partial charge in [0.15, 0.2) is 0 Å². The van der Waals surface area contributed by atoms with E-state index in [1.54, 1.807) is 39.0 Å². The molecule has 0 unspecified atom stereocenters. The number of rotatable bonds is 8. The normalized spacial score (nSPS) is 11.7. The van der Waals surface area contributed by atoms with E-state index in [1.807, 2.05) is 30.3 Å². The van der Waals surface area contributed by atoms with Crippen molar-refractivity contribution in [2.45, 2.75) is 45.4 Å². The number of nitrogens with one attached hydrogen (secondary N) is 1. The van der Waals surface area contributed by atoms with Crippen molar-refractivity contribution in [1.29, 1.82) is 5.26 Å². The van der Waals surface area contributed by atoms with Gasteiger partial charge in [0.1, 0.15) is 24.6 Å². The third-order valence-corrected chi connectivity index (χ3v) is 4.77. The minimum Gasteiger partial charge on any atom is -0.490 e. The van der Waals surface area contributed by atoms with E-state index < -0.39 is 23.7 Å². The molecule has 7 nitrogen and oxygen atoms in total. The van der Waals surface area contributed by atoms with Crippen LogP contribution in [0.4, 0.5) is 4.79 Å². The van der Waals surface area contributed by atoms with Crippen molar-refractivity contribution in [1.82, 2.24) is 5.32 Å². The van der Waals surface area contributed by atoms with Crippen molar-refractivity contribution in [2.24, 2.45) is 0 Å². The maximum Gasteiger partial charge on any atom is 0.408 e. The first kappa shape index (κ1) is 24.5. The number of halogens is 1. The molecule has 0 saturated carbocycles. The molecule has 31 heavy (non-hydrogen) atoms. The highest BCUT2D eigenvalue weighted by Gasteiger charge is 2.23. The van der Waals surface area contributed by atoms with Crippen LogP contribution in [0.1, 0.15) is 38.3 Å². The van der Waals surface area contributed by atoms with E-state index in [9.17, 15) is 9.59 Å². The van der Waals surface area contributed by atoms with Crippen LogP contribution in [0, 0.1) is 14.9 Å². The molecule has 0 radical (unpaired) electrons. The molecular formula is C23H25IN2O5. The third kappa shape index (κ3) is 9.26. The highest BCUT2D eigenvalue weighted by molar-refractivity contribution is 14.1. The standard InChI is InChI=1S/C23H25IN2O5/c1-23(2,3)31-22(28)26-18(12-21(27)30-14-16-7-5-4-6-8-16)15-29-20-11-17(13-25)9-10-19(20)24/h4-11,18H,12,14-15H2,1-3H3,(H,26,28)/t18-/m1/s1. The fourth-order valence-corrected chi connectivity index (χ4v) is 2.99. The molecule has 164 valence electrons. The molecule has 0 saturated heterocycles. The van der Waals surface area contributed by atoms with E-state index >= 15 is 0 Å². The number of esters is 1. The number of hydrogen-bond acceptors (Lipinski definition) is 6. The molecule has 0 aliphatic carbocycles. The van der Waals surface area contributed by atoms with Crippen LogP contribution in [0.15, 0.2) is 48.5 Å². The monoisotopic (exact) mass is 536 g/mol. The number of carbonyl (C=O) groups excluding carboxylic acids is 2. The molecule has 1 N–H and O–H groups in total. The molecule has 2 rings (SSSR count). The van der Waals surface area contributed by atoms with Gasteiger partial charge in [-0.3, -0.25) is 4.79 Å². The second kappa shape index (κ2) is 11.6. The van der Waals surface area contributed by atoms with E-state index in [4.69, 9.17) is 19.5 Å². The molecule has 0 spiro atoms. The summed E-state index contributed by atoms with van der Waals surface area (Å²) in [4.78, 5) is 24.6. The molecule has 1 amide bonds. The van der Waals surface area contributed by atoms with Crippen molar-refractivity contribution in [2.75, 3.05) is 6.61 Å². The summed E-state index contributed by atoms with van der Waals surface area (Å²) in [6.45, 7) is 5.40. The molecule has 0 aliphatic rings. The van der Waals surface area contributed by atoms with Gasteiger partial charge in [-0.1, -0.05) is 30.3 Å². The summed E-state index contributed by atoms with van der Waals surface area (Å²) < 4.78 is 17.2. The molecule has 0 fully saturated rings. The van der Waals surface area contributed by atoms with Crippen molar-refractivity contribution in [3.8, 4) is 11.8 Å². The number of nitrogens with zero attached hydrogens (tertiary/aromatic N) is 1. The summed E-state index contributed by atoms with van der Waals surface area (Å²) in [5.74, 6) is 0.0160. The van der Waals surface area contributed by atoms with Gasteiger partial charge in [-0.05, 0) is 67.1 Å².